The van der Waals surface area contributed by atoms with Crippen LogP contribution in [0.25, 0.3) is 0 Å². The Kier molecular flexibility index (Phi) is 4.80. The lowest BCUT2D eigenvalue weighted by molar-refractivity contribution is 0.0782. The van der Waals surface area contributed by atoms with Crippen molar-refractivity contribution in [1.29, 1.82) is 0 Å². The topological polar surface area (TPSA) is 68.5 Å². The van der Waals surface area contributed by atoms with E-state index in [0.29, 0.717) is 30.2 Å². The van der Waals surface area contributed by atoms with Crippen molar-refractivity contribution >= 4 is 22.9 Å². The van der Waals surface area contributed by atoms with Gasteiger partial charge >= 0.3 is 0 Å². The van der Waals surface area contributed by atoms with Crippen LogP contribution in [0.1, 0.15) is 27.9 Å². The molecule has 2 N–H and O–H groups in total. The number of thiazole rings is 1. The van der Waals surface area contributed by atoms with Crippen molar-refractivity contribution in [2.75, 3.05) is 19.4 Å². The van der Waals surface area contributed by atoms with E-state index in [1.54, 1.807) is 47.0 Å². The number of nitrogens with two attached hydrogens (primary N) is 1. The van der Waals surface area contributed by atoms with Gasteiger partial charge in [-0.1, -0.05) is 6.07 Å². The lowest BCUT2D eigenvalue weighted by Gasteiger charge is -2.19. The van der Waals surface area contributed by atoms with Crippen molar-refractivity contribution in [3.05, 3.63) is 39.8 Å². The van der Waals surface area contributed by atoms with Crippen molar-refractivity contribution in [3.8, 4) is 5.75 Å². The SMILES string of the molecule is CCOc1c(N)cccc1C(=O)N(C)Cc1scnc1C. The molecule has 1 amide bonds. The second kappa shape index (κ2) is 6.58. The summed E-state index contributed by atoms with van der Waals surface area (Å²) in [6.45, 7) is 4.79. The Labute approximate surface area is 128 Å². The molecule has 0 radical (unpaired) electrons. The molecule has 2 rings (SSSR count). The molecule has 0 aliphatic heterocycles. The highest BCUT2D eigenvalue weighted by molar-refractivity contribution is 7.09. The third kappa shape index (κ3) is 3.33. The maximum atomic E-state index is 12.6. The van der Waals surface area contributed by atoms with Gasteiger partial charge in [0.05, 0.1) is 35.6 Å². The third-order valence-electron chi connectivity index (χ3n) is 3.14. The van der Waals surface area contributed by atoms with Gasteiger partial charge in [0.25, 0.3) is 5.91 Å². The van der Waals surface area contributed by atoms with Crippen LogP contribution in [0.15, 0.2) is 23.7 Å². The maximum Gasteiger partial charge on any atom is 0.257 e. The molecule has 0 fully saturated rings. The van der Waals surface area contributed by atoms with E-state index in [9.17, 15) is 4.79 Å². The van der Waals surface area contributed by atoms with E-state index in [-0.39, 0.29) is 5.91 Å². The van der Waals surface area contributed by atoms with Crippen molar-refractivity contribution in [1.82, 2.24) is 9.88 Å². The van der Waals surface area contributed by atoms with Gasteiger partial charge in [0, 0.05) is 11.9 Å². The summed E-state index contributed by atoms with van der Waals surface area (Å²) in [5.74, 6) is 0.344. The van der Waals surface area contributed by atoms with Gasteiger partial charge in [-0.2, -0.15) is 0 Å². The number of hydrogen-bond acceptors (Lipinski definition) is 5. The van der Waals surface area contributed by atoms with Crippen LogP contribution in [0.3, 0.4) is 0 Å². The molecule has 0 unspecified atom stereocenters. The Morgan fingerprint density at radius 1 is 1.48 bits per heavy atom. The molecule has 0 spiro atoms. The molecule has 1 heterocycles. The Balaban J connectivity index is 2.23. The van der Waals surface area contributed by atoms with Crippen molar-refractivity contribution in [2.45, 2.75) is 20.4 Å². The second-order valence-corrected chi connectivity index (χ2v) is 5.62. The number of aromatic nitrogens is 1. The number of carbonyl (C=O) groups is 1. The number of nitrogen functional groups attached to an aromatic ring is 1. The van der Waals surface area contributed by atoms with E-state index in [0.717, 1.165) is 10.6 Å². The number of hydrogen-bond donors (Lipinski definition) is 1. The summed E-state index contributed by atoms with van der Waals surface area (Å²) in [5, 5.41) is 0. The minimum Gasteiger partial charge on any atom is -0.491 e. The summed E-state index contributed by atoms with van der Waals surface area (Å²) in [6.07, 6.45) is 0. The molecule has 1 aromatic heterocycles. The first-order valence-corrected chi connectivity index (χ1v) is 7.58. The molecule has 5 nitrogen and oxygen atoms in total. The second-order valence-electron chi connectivity index (χ2n) is 4.68. The first-order valence-electron chi connectivity index (χ1n) is 6.70. The number of amides is 1. The third-order valence-corrected chi connectivity index (χ3v) is 4.06. The zero-order valence-electron chi connectivity index (χ0n) is 12.4. The number of nitrogens with zero attached hydrogens (tertiary/aromatic N) is 2. The van der Waals surface area contributed by atoms with Crippen LogP contribution in [0.2, 0.25) is 0 Å². The summed E-state index contributed by atoms with van der Waals surface area (Å²) in [4.78, 5) is 19.5. The molecule has 21 heavy (non-hydrogen) atoms. The first kappa shape index (κ1) is 15.3. The van der Waals surface area contributed by atoms with Gasteiger partial charge in [0.2, 0.25) is 0 Å². The van der Waals surface area contributed by atoms with E-state index >= 15 is 0 Å². The van der Waals surface area contributed by atoms with Gasteiger partial charge in [-0.05, 0) is 26.0 Å². The maximum absolute atomic E-state index is 12.6. The fraction of sp³-hybridized carbons (Fsp3) is 0.333. The highest BCUT2D eigenvalue weighted by Crippen LogP contribution is 2.28. The first-order chi connectivity index (χ1) is 10.0. The normalized spacial score (nSPS) is 10.4. The number of aryl methyl sites for hydroxylation is 1. The molecule has 1 aromatic carbocycles. The van der Waals surface area contributed by atoms with Crippen molar-refractivity contribution < 1.29 is 9.53 Å². The Bertz CT molecular complexity index is 640. The summed E-state index contributed by atoms with van der Waals surface area (Å²) in [7, 11) is 1.76. The zero-order valence-corrected chi connectivity index (χ0v) is 13.2. The van der Waals surface area contributed by atoms with E-state index in [2.05, 4.69) is 4.98 Å². The number of para-hydroxylation sites is 1. The molecule has 0 aliphatic rings. The predicted octanol–water partition coefficient (Wildman–Crippen LogP) is 2.70. The van der Waals surface area contributed by atoms with Crippen LogP contribution in [0.4, 0.5) is 5.69 Å². The fourth-order valence-electron chi connectivity index (χ4n) is 2.00. The van der Waals surface area contributed by atoms with Crippen molar-refractivity contribution in [2.24, 2.45) is 0 Å². The number of rotatable bonds is 5. The Morgan fingerprint density at radius 3 is 2.86 bits per heavy atom. The highest BCUT2D eigenvalue weighted by Gasteiger charge is 2.19. The summed E-state index contributed by atoms with van der Waals surface area (Å²) in [5.41, 5.74) is 9.61. The largest absolute Gasteiger partial charge is 0.491 e. The van der Waals surface area contributed by atoms with Crippen LogP contribution in [0.5, 0.6) is 5.75 Å². The van der Waals surface area contributed by atoms with Crippen LogP contribution >= 0.6 is 11.3 Å². The quantitative estimate of drug-likeness (QED) is 0.862. The minimum atomic E-state index is -0.112. The zero-order chi connectivity index (χ0) is 15.4. The molecular formula is C15H19N3O2S. The van der Waals surface area contributed by atoms with Crippen LogP contribution in [0, 0.1) is 6.92 Å². The monoisotopic (exact) mass is 305 g/mol. The number of anilines is 1. The van der Waals surface area contributed by atoms with Crippen LogP contribution in [-0.2, 0) is 6.54 Å². The van der Waals surface area contributed by atoms with E-state index < -0.39 is 0 Å². The van der Waals surface area contributed by atoms with Gasteiger partial charge < -0.3 is 15.4 Å². The van der Waals surface area contributed by atoms with Crippen LogP contribution < -0.4 is 10.5 Å². The van der Waals surface area contributed by atoms with E-state index in [1.807, 2.05) is 13.8 Å². The molecule has 0 atom stereocenters. The number of benzene rings is 1. The van der Waals surface area contributed by atoms with Gasteiger partial charge in [-0.3, -0.25) is 4.79 Å². The average Bonchev–Trinajstić information content (AvgIpc) is 2.86. The molecule has 6 heteroatoms. The summed E-state index contributed by atoms with van der Waals surface area (Å²) >= 11 is 1.55. The van der Waals surface area contributed by atoms with Crippen molar-refractivity contribution in [3.63, 3.8) is 0 Å². The molecule has 0 saturated heterocycles. The summed E-state index contributed by atoms with van der Waals surface area (Å²) in [6, 6.07) is 5.23. The average molecular weight is 305 g/mol. The molecule has 0 bridgehead atoms. The molecule has 112 valence electrons. The summed E-state index contributed by atoms with van der Waals surface area (Å²) < 4.78 is 5.52. The molecule has 0 saturated carbocycles. The van der Waals surface area contributed by atoms with Gasteiger partial charge in [0.1, 0.15) is 0 Å². The van der Waals surface area contributed by atoms with E-state index in [4.69, 9.17) is 10.5 Å². The molecule has 0 aliphatic carbocycles. The van der Waals surface area contributed by atoms with Gasteiger partial charge in [-0.15, -0.1) is 11.3 Å². The van der Waals surface area contributed by atoms with Crippen LogP contribution in [-0.4, -0.2) is 29.4 Å². The van der Waals surface area contributed by atoms with Gasteiger partial charge in [-0.25, -0.2) is 4.98 Å². The fourth-order valence-corrected chi connectivity index (χ4v) is 2.83. The smallest absolute Gasteiger partial charge is 0.257 e. The molecular weight excluding hydrogens is 286 g/mol. The highest BCUT2D eigenvalue weighted by atomic mass is 32.1. The lowest BCUT2D eigenvalue weighted by atomic mass is 10.1. The lowest BCUT2D eigenvalue weighted by Crippen LogP contribution is -2.26. The number of ether oxygens (including phenoxy) is 1. The Hall–Kier alpha value is -2.08. The van der Waals surface area contributed by atoms with E-state index in [1.165, 1.54) is 0 Å². The standard InChI is InChI=1S/C15H19N3O2S/c1-4-20-14-11(6-5-7-12(14)16)15(19)18(3)8-13-10(2)17-9-21-13/h5-7,9H,4,8,16H2,1-3H3. The predicted molar refractivity (Wildman–Crippen MR) is 84.7 cm³/mol. The van der Waals surface area contributed by atoms with Gasteiger partial charge in [0.15, 0.2) is 5.75 Å². The molecule has 2 aromatic rings. The Morgan fingerprint density at radius 2 is 2.24 bits per heavy atom. The minimum absolute atomic E-state index is 0.112. The number of carbonyl (C=O) groups excluding carboxylic acids is 1.